The molecule has 3 amide bonds. The molecule has 160 valence electrons. The first-order valence-corrected chi connectivity index (χ1v) is 9.76. The summed E-state index contributed by atoms with van der Waals surface area (Å²) in [5.41, 5.74) is 3.23. The number of carbonyl (C=O) groups is 4. The molecular weight excluding hydrogens is 426 g/mol. The van der Waals surface area contributed by atoms with Crippen LogP contribution in [0.2, 0.25) is 0 Å². The van der Waals surface area contributed by atoms with Crippen LogP contribution in [0.3, 0.4) is 0 Å². The number of ether oxygens (including phenoxy) is 2. The van der Waals surface area contributed by atoms with Gasteiger partial charge in [-0.15, -0.1) is 0 Å². The Morgan fingerprint density at radius 1 is 1.23 bits per heavy atom. The smallest absolute Gasteiger partial charge is 0.312 e. The molecule has 3 N–H and O–H groups in total. The van der Waals surface area contributed by atoms with E-state index in [1.54, 1.807) is 12.1 Å². The number of amides is 3. The van der Waals surface area contributed by atoms with Crippen molar-refractivity contribution < 1.29 is 33.8 Å². The van der Waals surface area contributed by atoms with Gasteiger partial charge in [-0.1, -0.05) is 11.8 Å². The van der Waals surface area contributed by atoms with Crippen molar-refractivity contribution in [2.24, 2.45) is 5.10 Å². The van der Waals surface area contributed by atoms with Gasteiger partial charge < -0.3 is 14.6 Å². The first kappa shape index (κ1) is 21.8. The number of methoxy groups -OCH3 is 1. The van der Waals surface area contributed by atoms with Crippen molar-refractivity contribution in [3.8, 4) is 17.2 Å². The van der Waals surface area contributed by atoms with Crippen LogP contribution in [0.5, 0.6) is 17.2 Å². The largest absolute Gasteiger partial charge is 0.504 e. The van der Waals surface area contributed by atoms with Crippen molar-refractivity contribution in [1.82, 2.24) is 10.7 Å². The molecular formula is C20H17N3O7S. The van der Waals surface area contributed by atoms with Crippen molar-refractivity contribution in [3.63, 3.8) is 0 Å². The van der Waals surface area contributed by atoms with Gasteiger partial charge in [0, 0.05) is 5.56 Å². The Morgan fingerprint density at radius 2 is 1.97 bits per heavy atom. The molecule has 10 nitrogen and oxygen atoms in total. The molecule has 1 aliphatic heterocycles. The number of hydrazone groups is 1. The van der Waals surface area contributed by atoms with E-state index in [0.29, 0.717) is 5.56 Å². The van der Waals surface area contributed by atoms with Crippen LogP contribution in [0.4, 0.5) is 4.79 Å². The molecule has 1 fully saturated rings. The number of aromatic hydroxyl groups is 1. The normalized spacial score (nSPS) is 15.6. The maximum atomic E-state index is 12.1. The minimum Gasteiger partial charge on any atom is -0.504 e. The maximum Gasteiger partial charge on any atom is 0.312 e. The van der Waals surface area contributed by atoms with Crippen molar-refractivity contribution in [3.05, 3.63) is 53.6 Å². The van der Waals surface area contributed by atoms with Crippen LogP contribution in [0.25, 0.3) is 0 Å². The van der Waals surface area contributed by atoms with Gasteiger partial charge in [0.05, 0.1) is 19.7 Å². The van der Waals surface area contributed by atoms with Crippen LogP contribution < -0.4 is 20.2 Å². The highest BCUT2D eigenvalue weighted by atomic mass is 32.2. The van der Waals surface area contributed by atoms with E-state index in [1.165, 1.54) is 43.7 Å². The fourth-order valence-corrected chi connectivity index (χ4v) is 3.33. The SMILES string of the molecule is COc1cc(C(=O)N/N=C\c2ccc(OC(=O)C[C@@H]3SC(=O)NC3=O)cc2)ccc1O. The number of rotatable bonds is 7. The standard InChI is InChI=1S/C20H17N3O7S/c1-29-15-8-12(4-7-14(15)24)18(26)23-21-10-11-2-5-13(6-3-11)30-17(25)9-16-19(27)22-20(28)31-16/h2-8,10,16,24H,9H2,1H3,(H,23,26)(H,22,27,28)/b21-10-/t16-/m0/s1. The van der Waals surface area contributed by atoms with E-state index in [9.17, 15) is 24.3 Å². The summed E-state index contributed by atoms with van der Waals surface area (Å²) < 4.78 is 10.1. The number of benzene rings is 2. The van der Waals surface area contributed by atoms with E-state index in [2.05, 4.69) is 15.8 Å². The highest BCUT2D eigenvalue weighted by molar-refractivity contribution is 8.15. The van der Waals surface area contributed by atoms with Gasteiger partial charge in [0.15, 0.2) is 11.5 Å². The maximum absolute atomic E-state index is 12.1. The topological polar surface area (TPSA) is 143 Å². The molecule has 0 radical (unpaired) electrons. The molecule has 31 heavy (non-hydrogen) atoms. The zero-order valence-electron chi connectivity index (χ0n) is 16.2. The molecule has 0 saturated carbocycles. The summed E-state index contributed by atoms with van der Waals surface area (Å²) >= 11 is 0.756. The number of hydrogen-bond acceptors (Lipinski definition) is 9. The van der Waals surface area contributed by atoms with Gasteiger partial charge in [-0.3, -0.25) is 24.5 Å². The Morgan fingerprint density at radius 3 is 2.61 bits per heavy atom. The van der Waals surface area contributed by atoms with Crippen molar-refractivity contribution >= 4 is 41.0 Å². The van der Waals surface area contributed by atoms with Crippen LogP contribution in [0.15, 0.2) is 47.6 Å². The first-order chi connectivity index (χ1) is 14.9. The van der Waals surface area contributed by atoms with Crippen LogP contribution in [-0.2, 0) is 9.59 Å². The number of phenols is 1. The lowest BCUT2D eigenvalue weighted by Gasteiger charge is -2.06. The average molecular weight is 443 g/mol. The Balaban J connectivity index is 1.51. The fraction of sp³-hybridized carbons (Fsp3) is 0.150. The number of nitrogens with one attached hydrogen (secondary N) is 2. The molecule has 3 rings (SSSR count). The Kier molecular flexibility index (Phi) is 6.88. The molecule has 1 heterocycles. The lowest BCUT2D eigenvalue weighted by atomic mass is 10.2. The van der Waals surface area contributed by atoms with Crippen LogP contribution in [-0.4, -0.2) is 46.7 Å². The third-order valence-electron chi connectivity index (χ3n) is 4.05. The Hall–Kier alpha value is -3.86. The van der Waals surface area contributed by atoms with E-state index in [0.717, 1.165) is 11.8 Å². The molecule has 0 bridgehead atoms. The number of nitrogens with zero attached hydrogens (tertiary/aromatic N) is 1. The van der Waals surface area contributed by atoms with Gasteiger partial charge in [-0.25, -0.2) is 5.43 Å². The quantitative estimate of drug-likeness (QED) is 0.254. The average Bonchev–Trinajstić information content (AvgIpc) is 3.06. The van der Waals surface area contributed by atoms with E-state index in [-0.39, 0.29) is 29.2 Å². The zero-order chi connectivity index (χ0) is 22.4. The number of imide groups is 1. The van der Waals surface area contributed by atoms with Gasteiger partial charge in [0.1, 0.15) is 11.0 Å². The minimum atomic E-state index is -0.788. The molecule has 2 aromatic rings. The monoisotopic (exact) mass is 443 g/mol. The molecule has 0 aliphatic carbocycles. The predicted molar refractivity (Wildman–Crippen MR) is 111 cm³/mol. The van der Waals surface area contributed by atoms with E-state index < -0.39 is 28.3 Å². The molecule has 11 heteroatoms. The molecule has 0 aromatic heterocycles. The zero-order valence-corrected chi connectivity index (χ0v) is 17.0. The highest BCUT2D eigenvalue weighted by Gasteiger charge is 2.33. The molecule has 1 saturated heterocycles. The van der Waals surface area contributed by atoms with E-state index >= 15 is 0 Å². The summed E-state index contributed by atoms with van der Waals surface area (Å²) in [5, 5.41) is 14.3. The van der Waals surface area contributed by atoms with Crippen LogP contribution in [0.1, 0.15) is 22.3 Å². The molecule has 0 unspecified atom stereocenters. The Labute approximate surface area is 180 Å². The van der Waals surface area contributed by atoms with Gasteiger partial charge in [-0.2, -0.15) is 5.10 Å². The van der Waals surface area contributed by atoms with E-state index in [1.807, 2.05) is 0 Å². The van der Waals surface area contributed by atoms with Gasteiger partial charge in [-0.05, 0) is 48.0 Å². The molecule has 1 aliphatic rings. The third kappa shape index (κ3) is 5.82. The van der Waals surface area contributed by atoms with Gasteiger partial charge >= 0.3 is 5.97 Å². The fourth-order valence-electron chi connectivity index (χ4n) is 2.52. The minimum absolute atomic E-state index is 0.0814. The highest BCUT2D eigenvalue weighted by Crippen LogP contribution is 2.26. The molecule has 1 atom stereocenters. The predicted octanol–water partition coefficient (Wildman–Crippen LogP) is 1.81. The molecule has 2 aromatic carbocycles. The Bertz CT molecular complexity index is 1050. The van der Waals surface area contributed by atoms with Gasteiger partial charge in [0.2, 0.25) is 5.91 Å². The van der Waals surface area contributed by atoms with E-state index in [4.69, 9.17) is 9.47 Å². The third-order valence-corrected chi connectivity index (χ3v) is 5.03. The number of esters is 1. The lowest BCUT2D eigenvalue weighted by molar-refractivity contribution is -0.135. The summed E-state index contributed by atoms with van der Waals surface area (Å²) in [6.07, 6.45) is 1.17. The van der Waals surface area contributed by atoms with Crippen molar-refractivity contribution in [2.45, 2.75) is 11.7 Å². The summed E-state index contributed by atoms with van der Waals surface area (Å²) in [6, 6.07) is 10.4. The number of phenolic OH excluding ortho intramolecular Hbond substituents is 1. The second-order valence-electron chi connectivity index (χ2n) is 6.22. The van der Waals surface area contributed by atoms with Crippen LogP contribution in [0, 0.1) is 0 Å². The van der Waals surface area contributed by atoms with Crippen molar-refractivity contribution in [2.75, 3.05) is 7.11 Å². The number of hydrogen-bond donors (Lipinski definition) is 3. The summed E-state index contributed by atoms with van der Waals surface area (Å²) in [5.74, 6) is -1.29. The lowest BCUT2D eigenvalue weighted by Crippen LogP contribution is -2.27. The van der Waals surface area contributed by atoms with Crippen LogP contribution >= 0.6 is 11.8 Å². The molecule has 0 spiro atoms. The summed E-state index contributed by atoms with van der Waals surface area (Å²) in [6.45, 7) is 0. The van der Waals surface area contributed by atoms with Crippen molar-refractivity contribution in [1.29, 1.82) is 0 Å². The number of thioether (sulfide) groups is 1. The summed E-state index contributed by atoms with van der Waals surface area (Å²) in [4.78, 5) is 46.6. The second kappa shape index (κ2) is 9.76. The van der Waals surface area contributed by atoms with Gasteiger partial charge in [0.25, 0.3) is 11.1 Å². The first-order valence-electron chi connectivity index (χ1n) is 8.88. The number of carbonyl (C=O) groups excluding carboxylic acids is 4. The summed E-state index contributed by atoms with van der Waals surface area (Å²) in [7, 11) is 1.38. The second-order valence-corrected chi connectivity index (χ2v) is 7.39.